The van der Waals surface area contributed by atoms with E-state index >= 15 is 0 Å². The van der Waals surface area contributed by atoms with E-state index < -0.39 is 0 Å². The minimum absolute atomic E-state index is 0.0100. The number of ether oxygens (including phenoxy) is 1. The first-order valence-electron chi connectivity index (χ1n) is 5.31. The number of carbonyl (C=O) groups excluding carboxylic acids is 1. The first-order chi connectivity index (χ1) is 7.81. The van der Waals surface area contributed by atoms with E-state index in [1.165, 1.54) is 0 Å². The molecule has 0 saturated carbocycles. The van der Waals surface area contributed by atoms with Gasteiger partial charge in [0.1, 0.15) is 11.4 Å². The SMILES string of the molecule is COc1ccc(C(=O)N2CCNCC2)nc1. The number of amides is 1. The Bertz CT molecular complexity index is 358. The van der Waals surface area contributed by atoms with Gasteiger partial charge in [-0.25, -0.2) is 4.98 Å². The number of piperazine rings is 1. The summed E-state index contributed by atoms with van der Waals surface area (Å²) in [7, 11) is 1.58. The minimum atomic E-state index is -0.0100. The number of hydrogen-bond acceptors (Lipinski definition) is 4. The molecule has 0 aromatic carbocycles. The van der Waals surface area contributed by atoms with Crippen LogP contribution >= 0.6 is 0 Å². The van der Waals surface area contributed by atoms with Gasteiger partial charge in [0, 0.05) is 26.2 Å². The Morgan fingerprint density at radius 2 is 2.19 bits per heavy atom. The molecule has 1 aliphatic rings. The monoisotopic (exact) mass is 221 g/mol. The third kappa shape index (κ3) is 2.30. The van der Waals surface area contributed by atoms with E-state index in [0.29, 0.717) is 11.4 Å². The van der Waals surface area contributed by atoms with Crippen molar-refractivity contribution in [2.45, 2.75) is 0 Å². The smallest absolute Gasteiger partial charge is 0.272 e. The molecule has 2 rings (SSSR count). The van der Waals surface area contributed by atoms with Gasteiger partial charge in [0.15, 0.2) is 0 Å². The fourth-order valence-electron chi connectivity index (χ4n) is 1.66. The highest BCUT2D eigenvalue weighted by Crippen LogP contribution is 2.10. The van der Waals surface area contributed by atoms with Gasteiger partial charge in [0.25, 0.3) is 5.91 Å². The van der Waals surface area contributed by atoms with Gasteiger partial charge in [-0.15, -0.1) is 0 Å². The van der Waals surface area contributed by atoms with Crippen molar-refractivity contribution in [2.24, 2.45) is 0 Å². The molecule has 86 valence electrons. The Labute approximate surface area is 94.4 Å². The molecule has 1 aromatic rings. The van der Waals surface area contributed by atoms with E-state index in [4.69, 9.17) is 4.74 Å². The molecule has 0 unspecified atom stereocenters. The van der Waals surface area contributed by atoms with E-state index in [-0.39, 0.29) is 5.91 Å². The molecule has 0 aliphatic carbocycles. The highest BCUT2D eigenvalue weighted by molar-refractivity contribution is 5.92. The minimum Gasteiger partial charge on any atom is -0.495 e. The normalized spacial score (nSPS) is 15.9. The van der Waals surface area contributed by atoms with Crippen molar-refractivity contribution in [1.82, 2.24) is 15.2 Å². The maximum Gasteiger partial charge on any atom is 0.272 e. The van der Waals surface area contributed by atoms with Crippen LogP contribution in [0.5, 0.6) is 5.75 Å². The van der Waals surface area contributed by atoms with Crippen molar-refractivity contribution in [1.29, 1.82) is 0 Å². The fourth-order valence-corrected chi connectivity index (χ4v) is 1.66. The molecule has 2 heterocycles. The summed E-state index contributed by atoms with van der Waals surface area (Å²) in [6.07, 6.45) is 1.56. The van der Waals surface area contributed by atoms with E-state index in [0.717, 1.165) is 26.2 Å². The average Bonchev–Trinajstić information content (AvgIpc) is 2.39. The van der Waals surface area contributed by atoms with Crippen molar-refractivity contribution in [3.05, 3.63) is 24.0 Å². The van der Waals surface area contributed by atoms with Gasteiger partial charge < -0.3 is 15.0 Å². The molecule has 1 N–H and O–H groups in total. The van der Waals surface area contributed by atoms with Crippen LogP contribution in [-0.4, -0.2) is 49.1 Å². The van der Waals surface area contributed by atoms with Gasteiger partial charge in [-0.2, -0.15) is 0 Å². The van der Waals surface area contributed by atoms with Crippen molar-refractivity contribution in [3.63, 3.8) is 0 Å². The third-order valence-electron chi connectivity index (χ3n) is 2.60. The van der Waals surface area contributed by atoms with E-state index in [1.54, 1.807) is 25.4 Å². The largest absolute Gasteiger partial charge is 0.495 e. The summed E-state index contributed by atoms with van der Waals surface area (Å²) in [5, 5.41) is 3.20. The van der Waals surface area contributed by atoms with Crippen molar-refractivity contribution in [3.8, 4) is 5.75 Å². The average molecular weight is 221 g/mol. The van der Waals surface area contributed by atoms with Crippen LogP contribution in [0.25, 0.3) is 0 Å². The summed E-state index contributed by atoms with van der Waals surface area (Å²) in [5.74, 6) is 0.654. The molecule has 1 amide bonds. The third-order valence-corrected chi connectivity index (χ3v) is 2.60. The number of carbonyl (C=O) groups is 1. The summed E-state index contributed by atoms with van der Waals surface area (Å²) < 4.78 is 5.00. The van der Waals surface area contributed by atoms with Crippen LogP contribution in [-0.2, 0) is 0 Å². The fraction of sp³-hybridized carbons (Fsp3) is 0.455. The summed E-state index contributed by atoms with van der Waals surface area (Å²) >= 11 is 0. The summed E-state index contributed by atoms with van der Waals surface area (Å²) in [6, 6.07) is 3.45. The molecule has 16 heavy (non-hydrogen) atoms. The lowest BCUT2D eigenvalue weighted by molar-refractivity contribution is 0.0730. The summed E-state index contributed by atoms with van der Waals surface area (Å²) in [6.45, 7) is 3.18. The molecule has 1 fully saturated rings. The second-order valence-corrected chi connectivity index (χ2v) is 3.63. The van der Waals surface area contributed by atoms with Crippen LogP contribution in [0, 0.1) is 0 Å². The number of methoxy groups -OCH3 is 1. The molecule has 0 spiro atoms. The zero-order chi connectivity index (χ0) is 11.4. The van der Waals surface area contributed by atoms with Gasteiger partial charge in [0.2, 0.25) is 0 Å². The lowest BCUT2D eigenvalue weighted by Gasteiger charge is -2.27. The number of nitrogens with one attached hydrogen (secondary N) is 1. The molecule has 1 aliphatic heterocycles. The molecule has 0 bridgehead atoms. The van der Waals surface area contributed by atoms with Gasteiger partial charge in [-0.05, 0) is 12.1 Å². The first-order valence-corrected chi connectivity index (χ1v) is 5.31. The maximum absolute atomic E-state index is 12.0. The molecule has 0 atom stereocenters. The van der Waals surface area contributed by atoms with Gasteiger partial charge in [0.05, 0.1) is 13.3 Å². The topological polar surface area (TPSA) is 54.5 Å². The molecule has 5 heteroatoms. The Hall–Kier alpha value is -1.62. The Kier molecular flexibility index (Phi) is 3.36. The number of aromatic nitrogens is 1. The van der Waals surface area contributed by atoms with Crippen LogP contribution in [0.1, 0.15) is 10.5 Å². The van der Waals surface area contributed by atoms with Crippen molar-refractivity contribution >= 4 is 5.91 Å². The van der Waals surface area contributed by atoms with Gasteiger partial charge >= 0.3 is 0 Å². The Morgan fingerprint density at radius 1 is 1.44 bits per heavy atom. The van der Waals surface area contributed by atoms with Crippen LogP contribution in [0.3, 0.4) is 0 Å². The molecular weight excluding hydrogens is 206 g/mol. The van der Waals surface area contributed by atoms with Crippen molar-refractivity contribution < 1.29 is 9.53 Å². The van der Waals surface area contributed by atoms with Crippen LogP contribution in [0.2, 0.25) is 0 Å². The Balaban J connectivity index is 2.07. The molecule has 1 saturated heterocycles. The van der Waals surface area contributed by atoms with Crippen LogP contribution in [0.4, 0.5) is 0 Å². The quantitative estimate of drug-likeness (QED) is 0.771. The zero-order valence-electron chi connectivity index (χ0n) is 9.27. The number of rotatable bonds is 2. The van der Waals surface area contributed by atoms with Crippen LogP contribution < -0.4 is 10.1 Å². The first kappa shape index (κ1) is 10.9. The standard InChI is InChI=1S/C11H15N3O2/c1-16-9-2-3-10(13-8-9)11(15)14-6-4-12-5-7-14/h2-3,8,12H,4-7H2,1H3. The lowest BCUT2D eigenvalue weighted by atomic mass is 10.2. The number of pyridine rings is 1. The van der Waals surface area contributed by atoms with E-state index in [9.17, 15) is 4.79 Å². The van der Waals surface area contributed by atoms with Crippen molar-refractivity contribution in [2.75, 3.05) is 33.3 Å². The predicted octanol–water partition coefficient (Wildman–Crippen LogP) is 0.136. The van der Waals surface area contributed by atoms with E-state index in [2.05, 4.69) is 10.3 Å². The second-order valence-electron chi connectivity index (χ2n) is 3.63. The predicted molar refractivity (Wildman–Crippen MR) is 59.6 cm³/mol. The summed E-state index contributed by atoms with van der Waals surface area (Å²) in [4.78, 5) is 17.9. The molecule has 0 radical (unpaired) electrons. The second kappa shape index (κ2) is 4.94. The highest BCUT2D eigenvalue weighted by atomic mass is 16.5. The molecular formula is C11H15N3O2. The molecule has 1 aromatic heterocycles. The lowest BCUT2D eigenvalue weighted by Crippen LogP contribution is -2.46. The van der Waals surface area contributed by atoms with Gasteiger partial charge in [-0.3, -0.25) is 4.79 Å². The maximum atomic E-state index is 12.0. The number of nitrogens with zero attached hydrogens (tertiary/aromatic N) is 2. The van der Waals surface area contributed by atoms with Crippen LogP contribution in [0.15, 0.2) is 18.3 Å². The van der Waals surface area contributed by atoms with Gasteiger partial charge in [-0.1, -0.05) is 0 Å². The number of hydrogen-bond donors (Lipinski definition) is 1. The zero-order valence-corrected chi connectivity index (χ0v) is 9.27. The van der Waals surface area contributed by atoms with E-state index in [1.807, 2.05) is 4.90 Å². The molecule has 5 nitrogen and oxygen atoms in total. The summed E-state index contributed by atoms with van der Waals surface area (Å²) in [5.41, 5.74) is 0.475. The highest BCUT2D eigenvalue weighted by Gasteiger charge is 2.18. The Morgan fingerprint density at radius 3 is 2.75 bits per heavy atom.